The molecule has 0 saturated heterocycles. The van der Waals surface area contributed by atoms with Crippen LogP contribution in [-0.2, 0) is 24.0 Å². The fourth-order valence-electron chi connectivity index (χ4n) is 7.21. The lowest BCUT2D eigenvalue weighted by molar-refractivity contribution is -0.0249. The van der Waals surface area contributed by atoms with Crippen molar-refractivity contribution in [3.8, 4) is 0 Å². The maximum Gasteiger partial charge on any atom is 0.0578 e. The maximum atomic E-state index is 6.26. The first kappa shape index (κ1) is 24.3. The molecule has 4 rings (SSSR count). The first-order chi connectivity index (χ1) is 15.8. The third kappa shape index (κ3) is 6.62. The van der Waals surface area contributed by atoms with Crippen LogP contribution in [0.5, 0.6) is 0 Å². The standard InChI is InChI=1S/C31H50O/c1-3-5-7-8-10-24-11-12-26-21-27(14-13-25(26)20-24)28-15-16-30-23-31(18-17-29(30)22-28)32-19-9-6-4-2/h11-12,20,27-31H,3-10,13-19,21-23H2,1-2H3. The van der Waals surface area contributed by atoms with Gasteiger partial charge in [-0.25, -0.2) is 0 Å². The molecule has 1 heteroatoms. The van der Waals surface area contributed by atoms with Gasteiger partial charge in [-0.05, 0) is 117 Å². The Morgan fingerprint density at radius 3 is 2.31 bits per heavy atom. The Kier molecular flexibility index (Phi) is 9.56. The van der Waals surface area contributed by atoms with Crippen molar-refractivity contribution in [3.63, 3.8) is 0 Å². The molecule has 3 aliphatic rings. The highest BCUT2D eigenvalue weighted by atomic mass is 16.5. The molecule has 32 heavy (non-hydrogen) atoms. The van der Waals surface area contributed by atoms with Crippen LogP contribution in [0.15, 0.2) is 18.2 Å². The Balaban J connectivity index is 1.23. The van der Waals surface area contributed by atoms with E-state index in [4.69, 9.17) is 4.74 Å². The molecule has 0 radical (unpaired) electrons. The number of unbranched alkanes of at least 4 members (excludes halogenated alkanes) is 5. The molecule has 0 N–H and O–H groups in total. The van der Waals surface area contributed by atoms with Crippen LogP contribution in [-0.4, -0.2) is 12.7 Å². The molecule has 0 aromatic heterocycles. The van der Waals surface area contributed by atoms with Crippen LogP contribution in [0.2, 0.25) is 0 Å². The van der Waals surface area contributed by atoms with Gasteiger partial charge < -0.3 is 4.74 Å². The summed E-state index contributed by atoms with van der Waals surface area (Å²) in [6, 6.07) is 7.52. The Bertz CT molecular complexity index is 679. The molecular weight excluding hydrogens is 388 g/mol. The van der Waals surface area contributed by atoms with Crippen LogP contribution in [0.25, 0.3) is 0 Å². The van der Waals surface area contributed by atoms with Gasteiger partial charge >= 0.3 is 0 Å². The second kappa shape index (κ2) is 12.6. The van der Waals surface area contributed by atoms with Crippen LogP contribution < -0.4 is 0 Å². The number of fused-ring (bicyclic) bond motifs is 2. The van der Waals surface area contributed by atoms with Gasteiger partial charge in [-0.2, -0.15) is 0 Å². The lowest BCUT2D eigenvalue weighted by Gasteiger charge is -2.45. The summed E-state index contributed by atoms with van der Waals surface area (Å²) in [5.41, 5.74) is 4.96. The maximum absolute atomic E-state index is 6.26. The third-order valence-electron chi connectivity index (χ3n) is 9.23. The lowest BCUT2D eigenvalue weighted by Crippen LogP contribution is -2.37. The highest BCUT2D eigenvalue weighted by Gasteiger charge is 2.38. The van der Waals surface area contributed by atoms with Crippen molar-refractivity contribution in [1.29, 1.82) is 0 Å². The van der Waals surface area contributed by atoms with Gasteiger partial charge in [0, 0.05) is 6.61 Å². The van der Waals surface area contributed by atoms with E-state index in [0.717, 1.165) is 30.3 Å². The molecule has 5 atom stereocenters. The van der Waals surface area contributed by atoms with Crippen LogP contribution in [0, 0.1) is 23.7 Å². The molecule has 180 valence electrons. The Hall–Kier alpha value is -0.820. The van der Waals surface area contributed by atoms with E-state index in [1.165, 1.54) is 109 Å². The zero-order chi connectivity index (χ0) is 22.2. The summed E-state index contributed by atoms with van der Waals surface area (Å²) in [7, 11) is 0. The lowest BCUT2D eigenvalue weighted by atomic mass is 9.62. The summed E-state index contributed by atoms with van der Waals surface area (Å²) < 4.78 is 6.26. The minimum Gasteiger partial charge on any atom is -0.378 e. The monoisotopic (exact) mass is 438 g/mol. The normalized spacial score (nSPS) is 30.0. The molecule has 0 heterocycles. The summed E-state index contributed by atoms with van der Waals surface area (Å²) in [5, 5.41) is 0. The minimum absolute atomic E-state index is 0.572. The van der Waals surface area contributed by atoms with Gasteiger partial charge in [0.05, 0.1) is 6.10 Å². The quantitative estimate of drug-likeness (QED) is 0.314. The molecule has 5 unspecified atom stereocenters. The Labute approximate surface area is 199 Å². The minimum atomic E-state index is 0.572. The first-order valence-corrected chi connectivity index (χ1v) is 14.5. The van der Waals surface area contributed by atoms with E-state index in [0.29, 0.717) is 6.10 Å². The molecule has 0 aliphatic heterocycles. The van der Waals surface area contributed by atoms with E-state index >= 15 is 0 Å². The predicted octanol–water partition coefficient (Wildman–Crippen LogP) is 8.71. The average Bonchev–Trinajstić information content (AvgIpc) is 2.84. The van der Waals surface area contributed by atoms with Gasteiger partial charge in [0.25, 0.3) is 0 Å². The zero-order valence-corrected chi connectivity index (χ0v) is 21.3. The fourth-order valence-corrected chi connectivity index (χ4v) is 7.21. The molecule has 2 saturated carbocycles. The van der Waals surface area contributed by atoms with Gasteiger partial charge in [0.2, 0.25) is 0 Å². The van der Waals surface area contributed by atoms with E-state index in [-0.39, 0.29) is 0 Å². The van der Waals surface area contributed by atoms with Crippen molar-refractivity contribution in [2.24, 2.45) is 23.7 Å². The molecule has 0 bridgehead atoms. The van der Waals surface area contributed by atoms with E-state index < -0.39 is 0 Å². The molecule has 0 amide bonds. The number of hydrogen-bond acceptors (Lipinski definition) is 1. The Morgan fingerprint density at radius 2 is 1.47 bits per heavy atom. The fraction of sp³-hybridized carbons (Fsp3) is 0.806. The van der Waals surface area contributed by atoms with Gasteiger partial charge in [-0.1, -0.05) is 64.2 Å². The van der Waals surface area contributed by atoms with Crippen molar-refractivity contribution in [3.05, 3.63) is 34.9 Å². The zero-order valence-electron chi connectivity index (χ0n) is 21.3. The topological polar surface area (TPSA) is 9.23 Å². The molecule has 1 aromatic rings. The smallest absolute Gasteiger partial charge is 0.0578 e. The second-order valence-electron chi connectivity index (χ2n) is 11.5. The number of ether oxygens (including phenoxy) is 1. The van der Waals surface area contributed by atoms with E-state index in [2.05, 4.69) is 32.0 Å². The Morgan fingerprint density at radius 1 is 0.719 bits per heavy atom. The summed E-state index contributed by atoms with van der Waals surface area (Å²) in [6.07, 6.45) is 24.0. The van der Waals surface area contributed by atoms with Crippen molar-refractivity contribution in [1.82, 2.24) is 0 Å². The molecule has 1 aromatic carbocycles. The first-order valence-electron chi connectivity index (χ1n) is 14.5. The second-order valence-corrected chi connectivity index (χ2v) is 11.5. The molecular formula is C31H50O. The van der Waals surface area contributed by atoms with Crippen molar-refractivity contribution < 1.29 is 4.74 Å². The average molecular weight is 439 g/mol. The van der Waals surface area contributed by atoms with Gasteiger partial charge in [-0.3, -0.25) is 0 Å². The van der Waals surface area contributed by atoms with Crippen LogP contribution >= 0.6 is 0 Å². The van der Waals surface area contributed by atoms with Gasteiger partial charge in [-0.15, -0.1) is 0 Å². The highest BCUT2D eigenvalue weighted by molar-refractivity contribution is 5.34. The molecule has 2 fully saturated rings. The third-order valence-corrected chi connectivity index (χ3v) is 9.23. The van der Waals surface area contributed by atoms with E-state index in [1.807, 2.05) is 0 Å². The number of rotatable bonds is 11. The predicted molar refractivity (Wildman–Crippen MR) is 137 cm³/mol. The SMILES string of the molecule is CCCCCCc1ccc2c(c1)CCC(C1CCC3CC(OCCCCC)CCC3C1)C2. The van der Waals surface area contributed by atoms with Crippen LogP contribution in [0.1, 0.15) is 120 Å². The number of aryl methyl sites for hydroxylation is 2. The van der Waals surface area contributed by atoms with Crippen LogP contribution in [0.4, 0.5) is 0 Å². The van der Waals surface area contributed by atoms with Gasteiger partial charge in [0.15, 0.2) is 0 Å². The highest BCUT2D eigenvalue weighted by Crippen LogP contribution is 2.47. The van der Waals surface area contributed by atoms with Crippen molar-refractivity contribution in [2.45, 2.75) is 129 Å². The number of hydrogen-bond donors (Lipinski definition) is 0. The summed E-state index contributed by atoms with van der Waals surface area (Å²) in [5.74, 6) is 3.89. The molecule has 1 nitrogen and oxygen atoms in total. The van der Waals surface area contributed by atoms with Crippen molar-refractivity contribution in [2.75, 3.05) is 6.61 Å². The summed E-state index contributed by atoms with van der Waals surface area (Å²) in [6.45, 7) is 5.58. The van der Waals surface area contributed by atoms with Crippen LogP contribution in [0.3, 0.4) is 0 Å². The van der Waals surface area contributed by atoms with Gasteiger partial charge in [0.1, 0.15) is 0 Å². The molecule has 3 aliphatic carbocycles. The summed E-state index contributed by atoms with van der Waals surface area (Å²) in [4.78, 5) is 0. The van der Waals surface area contributed by atoms with Crippen molar-refractivity contribution >= 4 is 0 Å². The summed E-state index contributed by atoms with van der Waals surface area (Å²) >= 11 is 0. The van der Waals surface area contributed by atoms with E-state index in [9.17, 15) is 0 Å². The largest absolute Gasteiger partial charge is 0.378 e. The number of benzene rings is 1. The van der Waals surface area contributed by atoms with E-state index in [1.54, 1.807) is 16.7 Å². The molecule has 0 spiro atoms.